The van der Waals surface area contributed by atoms with Gasteiger partial charge in [-0.25, -0.2) is 8.42 Å². The Morgan fingerprint density at radius 2 is 2.05 bits per heavy atom. The average molecular weight is 334 g/mol. The summed E-state index contributed by atoms with van der Waals surface area (Å²) >= 11 is 5.71. The third-order valence-corrected chi connectivity index (χ3v) is 6.80. The van der Waals surface area contributed by atoms with E-state index in [-0.39, 0.29) is 6.04 Å². The molecule has 5 nitrogen and oxygen atoms in total. The Bertz CT molecular complexity index is 608. The van der Waals surface area contributed by atoms with E-state index in [0.29, 0.717) is 34.6 Å². The van der Waals surface area contributed by atoms with Crippen molar-refractivity contribution in [3.05, 3.63) is 11.4 Å². The van der Waals surface area contributed by atoms with Crippen molar-refractivity contribution in [1.29, 1.82) is 0 Å². The first-order chi connectivity index (χ1) is 9.80. The van der Waals surface area contributed by atoms with E-state index in [2.05, 4.69) is 5.10 Å². The van der Waals surface area contributed by atoms with Crippen LogP contribution in [0.3, 0.4) is 0 Å². The number of halogens is 1. The predicted octanol–water partition coefficient (Wildman–Crippen LogP) is 2.55. The fraction of sp³-hybridized carbons (Fsp3) is 0.786. The number of hydrogen-bond acceptors (Lipinski definition) is 3. The number of nitrogens with zero attached hydrogens (tertiary/aromatic N) is 3. The molecule has 1 atom stereocenters. The van der Waals surface area contributed by atoms with Crippen molar-refractivity contribution >= 4 is 21.6 Å². The van der Waals surface area contributed by atoms with E-state index in [4.69, 9.17) is 11.6 Å². The van der Waals surface area contributed by atoms with E-state index in [1.54, 1.807) is 18.7 Å². The van der Waals surface area contributed by atoms with Crippen LogP contribution in [0.15, 0.2) is 4.90 Å². The summed E-state index contributed by atoms with van der Waals surface area (Å²) in [5.41, 5.74) is 1.27. The van der Waals surface area contributed by atoms with Gasteiger partial charge in [0, 0.05) is 25.5 Å². The molecular weight excluding hydrogens is 310 g/mol. The highest BCUT2D eigenvalue weighted by Crippen LogP contribution is 2.37. The number of aryl methyl sites for hydroxylation is 2. The van der Waals surface area contributed by atoms with Crippen LogP contribution in [0.4, 0.5) is 0 Å². The van der Waals surface area contributed by atoms with Gasteiger partial charge in [-0.1, -0.05) is 0 Å². The maximum Gasteiger partial charge on any atom is 0.246 e. The summed E-state index contributed by atoms with van der Waals surface area (Å²) in [6, 6.07) is 0.0417. The molecule has 1 heterocycles. The molecule has 0 N–H and O–H groups in total. The fourth-order valence-electron chi connectivity index (χ4n) is 2.72. The van der Waals surface area contributed by atoms with Crippen molar-refractivity contribution in [3.8, 4) is 0 Å². The molecule has 1 fully saturated rings. The normalized spacial score (nSPS) is 17.4. The molecule has 1 saturated carbocycles. The van der Waals surface area contributed by atoms with Crippen molar-refractivity contribution in [3.63, 3.8) is 0 Å². The Morgan fingerprint density at radius 1 is 1.43 bits per heavy atom. The van der Waals surface area contributed by atoms with Gasteiger partial charge in [0.2, 0.25) is 10.0 Å². The standard InChI is InChI=1S/C14H24ClN3O2S/c1-10-14(12(3)18(16-10)9-5-8-15)21(19,20)17(4)11(2)13-6-7-13/h11,13H,5-9H2,1-4H3. The van der Waals surface area contributed by atoms with Crippen molar-refractivity contribution in [2.24, 2.45) is 5.92 Å². The number of sulfonamides is 1. The zero-order valence-electron chi connectivity index (χ0n) is 13.1. The van der Waals surface area contributed by atoms with Crippen LogP contribution in [0.2, 0.25) is 0 Å². The van der Waals surface area contributed by atoms with Crippen molar-refractivity contribution in [1.82, 2.24) is 14.1 Å². The summed E-state index contributed by atoms with van der Waals surface area (Å²) in [4.78, 5) is 0.354. The summed E-state index contributed by atoms with van der Waals surface area (Å²) in [5.74, 6) is 1.04. The maximum absolute atomic E-state index is 12.9. The van der Waals surface area contributed by atoms with Crippen LogP contribution in [0.25, 0.3) is 0 Å². The summed E-state index contributed by atoms with van der Waals surface area (Å²) < 4.78 is 29.0. The Hall–Kier alpha value is -0.590. The first-order valence-electron chi connectivity index (χ1n) is 7.38. The lowest BCUT2D eigenvalue weighted by Crippen LogP contribution is -2.36. The molecule has 0 bridgehead atoms. The van der Waals surface area contributed by atoms with E-state index in [1.165, 1.54) is 4.31 Å². The Morgan fingerprint density at radius 3 is 2.57 bits per heavy atom. The van der Waals surface area contributed by atoms with Crippen molar-refractivity contribution in [2.45, 2.75) is 57.5 Å². The minimum atomic E-state index is -3.49. The van der Waals surface area contributed by atoms with Crippen LogP contribution in [0.1, 0.15) is 37.6 Å². The van der Waals surface area contributed by atoms with Crippen molar-refractivity contribution in [2.75, 3.05) is 12.9 Å². The number of aromatic nitrogens is 2. The van der Waals surface area contributed by atoms with Crippen LogP contribution in [0, 0.1) is 19.8 Å². The van der Waals surface area contributed by atoms with E-state index < -0.39 is 10.0 Å². The molecule has 0 saturated heterocycles. The van der Waals surface area contributed by atoms with Gasteiger partial charge in [0.1, 0.15) is 4.90 Å². The molecule has 0 amide bonds. The van der Waals surface area contributed by atoms with E-state index >= 15 is 0 Å². The lowest BCUT2D eigenvalue weighted by molar-refractivity contribution is 0.356. The van der Waals surface area contributed by atoms with Gasteiger partial charge in [-0.15, -0.1) is 11.6 Å². The van der Waals surface area contributed by atoms with Crippen molar-refractivity contribution < 1.29 is 8.42 Å². The molecule has 1 aromatic rings. The smallest absolute Gasteiger partial charge is 0.246 e. The van der Waals surface area contributed by atoms with E-state index in [9.17, 15) is 8.42 Å². The van der Waals surface area contributed by atoms with Gasteiger partial charge in [-0.2, -0.15) is 9.40 Å². The minimum Gasteiger partial charge on any atom is -0.268 e. The molecule has 0 spiro atoms. The predicted molar refractivity (Wildman–Crippen MR) is 84.2 cm³/mol. The van der Waals surface area contributed by atoms with Crippen LogP contribution in [-0.2, 0) is 16.6 Å². The zero-order chi connectivity index (χ0) is 15.8. The quantitative estimate of drug-likeness (QED) is 0.720. The zero-order valence-corrected chi connectivity index (χ0v) is 14.7. The fourth-order valence-corrected chi connectivity index (χ4v) is 4.63. The second-order valence-electron chi connectivity index (χ2n) is 5.86. The second-order valence-corrected chi connectivity index (χ2v) is 8.18. The molecule has 1 aromatic heterocycles. The molecule has 7 heteroatoms. The lowest BCUT2D eigenvalue weighted by atomic mass is 10.2. The largest absolute Gasteiger partial charge is 0.268 e. The maximum atomic E-state index is 12.9. The van der Waals surface area contributed by atoms with Gasteiger partial charge in [0.15, 0.2) is 0 Å². The first-order valence-corrected chi connectivity index (χ1v) is 9.36. The van der Waals surface area contributed by atoms with Gasteiger partial charge < -0.3 is 0 Å². The highest BCUT2D eigenvalue weighted by molar-refractivity contribution is 7.89. The summed E-state index contributed by atoms with van der Waals surface area (Å²) in [7, 11) is -1.82. The third kappa shape index (κ3) is 3.27. The Labute approximate surface area is 132 Å². The molecule has 120 valence electrons. The van der Waals surface area contributed by atoms with Gasteiger partial charge in [0.05, 0.1) is 11.4 Å². The highest BCUT2D eigenvalue weighted by Gasteiger charge is 2.38. The molecule has 0 aliphatic heterocycles. The molecule has 1 aliphatic rings. The highest BCUT2D eigenvalue weighted by atomic mass is 35.5. The molecule has 1 aliphatic carbocycles. The van der Waals surface area contributed by atoms with Crippen LogP contribution in [0.5, 0.6) is 0 Å². The van der Waals surface area contributed by atoms with Crippen LogP contribution in [-0.4, -0.2) is 41.5 Å². The van der Waals surface area contributed by atoms with Gasteiger partial charge in [-0.3, -0.25) is 4.68 Å². The van der Waals surface area contributed by atoms with Gasteiger partial charge in [-0.05, 0) is 46.0 Å². The second kappa shape index (κ2) is 6.26. The summed E-state index contributed by atoms with van der Waals surface area (Å²) in [5, 5.41) is 4.37. The van der Waals surface area contributed by atoms with E-state index in [0.717, 1.165) is 19.3 Å². The Balaban J connectivity index is 2.33. The average Bonchev–Trinajstić information content (AvgIpc) is 3.21. The summed E-state index contributed by atoms with van der Waals surface area (Å²) in [6.07, 6.45) is 3.01. The molecule has 0 radical (unpaired) electrons. The van der Waals surface area contributed by atoms with E-state index in [1.807, 2.05) is 13.8 Å². The lowest BCUT2D eigenvalue weighted by Gasteiger charge is -2.24. The Kier molecular flexibility index (Phi) is 5.00. The van der Waals surface area contributed by atoms with Crippen LogP contribution >= 0.6 is 11.6 Å². The third-order valence-electron chi connectivity index (χ3n) is 4.33. The topological polar surface area (TPSA) is 55.2 Å². The van der Waals surface area contributed by atoms with Gasteiger partial charge in [0.25, 0.3) is 0 Å². The molecular formula is C14H24ClN3O2S. The number of alkyl halides is 1. The molecule has 2 rings (SSSR count). The molecule has 1 unspecified atom stereocenters. The number of rotatable bonds is 7. The van der Waals surface area contributed by atoms with Gasteiger partial charge >= 0.3 is 0 Å². The minimum absolute atomic E-state index is 0.0417. The van der Waals surface area contributed by atoms with Crippen LogP contribution < -0.4 is 0 Å². The molecule has 0 aromatic carbocycles. The monoisotopic (exact) mass is 333 g/mol. The SMILES string of the molecule is Cc1nn(CCCCl)c(C)c1S(=O)(=O)N(C)C(C)C1CC1. The molecule has 21 heavy (non-hydrogen) atoms. The summed E-state index contributed by atoms with van der Waals surface area (Å²) in [6.45, 7) is 6.20. The number of hydrogen-bond donors (Lipinski definition) is 0. The first kappa shape index (κ1) is 16.8.